The molecular weight excluding hydrogens is 309 g/mol. The molecule has 0 amide bonds. The Morgan fingerprint density at radius 2 is 2.04 bits per heavy atom. The van der Waals surface area contributed by atoms with Crippen LogP contribution in [0.15, 0.2) is 42.5 Å². The van der Waals surface area contributed by atoms with Gasteiger partial charge in [-0.05, 0) is 30.2 Å². The highest BCUT2D eigenvalue weighted by atomic mass is 19.1. The van der Waals surface area contributed by atoms with Gasteiger partial charge in [0, 0.05) is 18.1 Å². The molecule has 0 bridgehead atoms. The van der Waals surface area contributed by atoms with Gasteiger partial charge in [-0.15, -0.1) is 0 Å². The number of methoxy groups -OCH3 is 1. The fourth-order valence-corrected chi connectivity index (χ4v) is 3.78. The van der Waals surface area contributed by atoms with Crippen molar-refractivity contribution in [1.82, 2.24) is 0 Å². The molecule has 1 saturated heterocycles. The number of rotatable bonds is 2. The number of halogens is 1. The van der Waals surface area contributed by atoms with E-state index in [0.717, 1.165) is 23.2 Å². The van der Waals surface area contributed by atoms with Crippen molar-refractivity contribution in [3.63, 3.8) is 0 Å². The van der Waals surface area contributed by atoms with Crippen LogP contribution < -0.4 is 5.32 Å². The van der Waals surface area contributed by atoms with E-state index >= 15 is 0 Å². The number of hydrogen-bond donors (Lipinski definition) is 1. The minimum absolute atomic E-state index is 0.0311. The lowest BCUT2D eigenvalue weighted by Gasteiger charge is -2.37. The first-order valence-corrected chi connectivity index (χ1v) is 8.04. The summed E-state index contributed by atoms with van der Waals surface area (Å²) in [5, 5.41) is 3.48. The van der Waals surface area contributed by atoms with Crippen LogP contribution >= 0.6 is 0 Å². The van der Waals surface area contributed by atoms with Crippen molar-refractivity contribution in [2.24, 2.45) is 5.92 Å². The van der Waals surface area contributed by atoms with Gasteiger partial charge in [-0.3, -0.25) is 0 Å². The molecular formula is C19H18FNO3. The number of nitrogens with one attached hydrogen (secondary N) is 1. The van der Waals surface area contributed by atoms with E-state index in [1.54, 1.807) is 18.2 Å². The minimum Gasteiger partial charge on any atom is -0.465 e. The Bertz CT molecular complexity index is 775. The summed E-state index contributed by atoms with van der Waals surface area (Å²) in [4.78, 5) is 12.1. The summed E-state index contributed by atoms with van der Waals surface area (Å²) in [6.07, 6.45) is 0.850. The largest absolute Gasteiger partial charge is 0.465 e. The zero-order valence-corrected chi connectivity index (χ0v) is 13.3. The van der Waals surface area contributed by atoms with Crippen LogP contribution in [0.25, 0.3) is 0 Å². The van der Waals surface area contributed by atoms with Gasteiger partial charge < -0.3 is 14.8 Å². The molecule has 4 nitrogen and oxygen atoms in total. The van der Waals surface area contributed by atoms with Gasteiger partial charge in [0.25, 0.3) is 0 Å². The average Bonchev–Trinajstić information content (AvgIpc) is 3.10. The van der Waals surface area contributed by atoms with E-state index in [9.17, 15) is 9.18 Å². The van der Waals surface area contributed by atoms with Crippen molar-refractivity contribution in [1.29, 1.82) is 0 Å². The Morgan fingerprint density at radius 1 is 1.25 bits per heavy atom. The third-order valence-electron chi connectivity index (χ3n) is 4.90. The summed E-state index contributed by atoms with van der Waals surface area (Å²) in [5.41, 5.74) is 3.22. The van der Waals surface area contributed by atoms with Gasteiger partial charge in [0.15, 0.2) is 0 Å². The number of carbonyl (C=O) groups is 1. The molecule has 2 aliphatic heterocycles. The number of hydrogen-bond acceptors (Lipinski definition) is 4. The third-order valence-corrected chi connectivity index (χ3v) is 4.90. The molecule has 0 spiro atoms. The Labute approximate surface area is 139 Å². The third kappa shape index (κ3) is 2.36. The van der Waals surface area contributed by atoms with E-state index in [-0.39, 0.29) is 29.9 Å². The first-order valence-electron chi connectivity index (χ1n) is 8.04. The molecule has 2 aromatic rings. The maximum Gasteiger partial charge on any atom is 0.339 e. The summed E-state index contributed by atoms with van der Waals surface area (Å²) in [7, 11) is 1.37. The van der Waals surface area contributed by atoms with Gasteiger partial charge >= 0.3 is 5.97 Å². The zero-order chi connectivity index (χ0) is 16.7. The number of para-hydroxylation sites is 1. The number of benzene rings is 2. The SMILES string of the molecule is COC(=O)c1cccc2c1N[C@@H](c1ccc(F)cc1)[C@H]1CCO[C@@H]21. The van der Waals surface area contributed by atoms with Crippen molar-refractivity contribution < 1.29 is 18.7 Å². The van der Waals surface area contributed by atoms with Crippen LogP contribution in [0.5, 0.6) is 0 Å². The van der Waals surface area contributed by atoms with Crippen LogP contribution in [0.4, 0.5) is 10.1 Å². The number of esters is 1. The first kappa shape index (κ1) is 15.1. The molecule has 2 aromatic carbocycles. The van der Waals surface area contributed by atoms with Crippen molar-refractivity contribution in [3.8, 4) is 0 Å². The van der Waals surface area contributed by atoms with E-state index < -0.39 is 0 Å². The average molecular weight is 327 g/mol. The zero-order valence-electron chi connectivity index (χ0n) is 13.3. The predicted octanol–water partition coefficient (Wildman–Crippen LogP) is 3.86. The molecule has 24 heavy (non-hydrogen) atoms. The standard InChI is InChI=1S/C19H18FNO3/c1-23-19(22)15-4-2-3-13-17(15)21-16(14-9-10-24-18(13)14)11-5-7-12(20)8-6-11/h2-8,14,16,18,21H,9-10H2,1H3/t14-,16+,18+/m1/s1. The highest BCUT2D eigenvalue weighted by Gasteiger charge is 2.42. The summed E-state index contributed by atoms with van der Waals surface area (Å²) in [5.74, 6) is -0.394. The first-order chi connectivity index (χ1) is 11.7. The number of fused-ring (bicyclic) bond motifs is 3. The normalized spacial score (nSPS) is 24.7. The highest BCUT2D eigenvalue weighted by molar-refractivity contribution is 5.96. The second-order valence-electron chi connectivity index (χ2n) is 6.18. The van der Waals surface area contributed by atoms with Crippen LogP contribution in [0.3, 0.4) is 0 Å². The number of ether oxygens (including phenoxy) is 2. The number of anilines is 1. The van der Waals surface area contributed by atoms with Crippen LogP contribution in [-0.4, -0.2) is 19.7 Å². The van der Waals surface area contributed by atoms with E-state index in [0.29, 0.717) is 12.2 Å². The summed E-state index contributed by atoms with van der Waals surface area (Å²) < 4.78 is 24.1. The van der Waals surface area contributed by atoms with Gasteiger partial charge in [0.2, 0.25) is 0 Å². The molecule has 0 aliphatic carbocycles. The van der Waals surface area contributed by atoms with Gasteiger partial charge in [0.05, 0.1) is 30.5 Å². The molecule has 0 saturated carbocycles. The van der Waals surface area contributed by atoms with E-state index in [1.807, 2.05) is 12.1 Å². The lowest BCUT2D eigenvalue weighted by Crippen LogP contribution is -2.30. The van der Waals surface area contributed by atoms with Crippen molar-refractivity contribution in [2.75, 3.05) is 19.0 Å². The Balaban J connectivity index is 1.81. The van der Waals surface area contributed by atoms with E-state index in [1.165, 1.54) is 19.2 Å². The highest BCUT2D eigenvalue weighted by Crippen LogP contribution is 2.50. The molecule has 2 heterocycles. The predicted molar refractivity (Wildman–Crippen MR) is 87.3 cm³/mol. The molecule has 0 aromatic heterocycles. The van der Waals surface area contributed by atoms with E-state index in [2.05, 4.69) is 5.32 Å². The molecule has 124 valence electrons. The van der Waals surface area contributed by atoms with Crippen molar-refractivity contribution in [3.05, 3.63) is 65.0 Å². The summed E-state index contributed by atoms with van der Waals surface area (Å²) in [6, 6.07) is 12.0. The molecule has 1 N–H and O–H groups in total. The fraction of sp³-hybridized carbons (Fsp3) is 0.316. The molecule has 0 radical (unpaired) electrons. The van der Waals surface area contributed by atoms with Crippen LogP contribution in [0.2, 0.25) is 0 Å². The Morgan fingerprint density at radius 3 is 2.79 bits per heavy atom. The molecule has 0 unspecified atom stereocenters. The minimum atomic E-state index is -0.381. The Hall–Kier alpha value is -2.40. The molecule has 1 fully saturated rings. The van der Waals surface area contributed by atoms with Crippen molar-refractivity contribution in [2.45, 2.75) is 18.6 Å². The van der Waals surface area contributed by atoms with Crippen LogP contribution in [0, 0.1) is 11.7 Å². The summed E-state index contributed by atoms with van der Waals surface area (Å²) in [6.45, 7) is 0.677. The van der Waals surface area contributed by atoms with Crippen molar-refractivity contribution >= 4 is 11.7 Å². The maximum absolute atomic E-state index is 13.3. The molecule has 3 atom stereocenters. The second kappa shape index (κ2) is 5.91. The monoisotopic (exact) mass is 327 g/mol. The summed E-state index contributed by atoms with van der Waals surface area (Å²) >= 11 is 0. The van der Waals surface area contributed by atoms with Crippen LogP contribution in [0.1, 0.15) is 40.1 Å². The lowest BCUT2D eigenvalue weighted by atomic mass is 9.80. The van der Waals surface area contributed by atoms with Gasteiger partial charge in [-0.1, -0.05) is 24.3 Å². The second-order valence-corrected chi connectivity index (χ2v) is 6.18. The lowest BCUT2D eigenvalue weighted by molar-refractivity contribution is 0.0598. The maximum atomic E-state index is 13.3. The van der Waals surface area contributed by atoms with Gasteiger partial charge in [-0.25, -0.2) is 9.18 Å². The topological polar surface area (TPSA) is 47.6 Å². The quantitative estimate of drug-likeness (QED) is 0.851. The van der Waals surface area contributed by atoms with Gasteiger partial charge in [-0.2, -0.15) is 0 Å². The molecule has 5 heteroatoms. The molecule has 4 rings (SSSR count). The van der Waals surface area contributed by atoms with Gasteiger partial charge in [0.1, 0.15) is 5.82 Å². The molecule has 2 aliphatic rings. The van der Waals surface area contributed by atoms with E-state index in [4.69, 9.17) is 9.47 Å². The smallest absolute Gasteiger partial charge is 0.339 e. The number of carbonyl (C=O) groups excluding carboxylic acids is 1. The van der Waals surface area contributed by atoms with Crippen LogP contribution in [-0.2, 0) is 9.47 Å². The Kier molecular flexibility index (Phi) is 3.73. The fourth-order valence-electron chi connectivity index (χ4n) is 3.78.